The Morgan fingerprint density at radius 1 is 1.22 bits per heavy atom. The summed E-state index contributed by atoms with van der Waals surface area (Å²) < 4.78 is 3.21. The second kappa shape index (κ2) is 8.69. The number of carbonyl (C=O) groups is 1. The summed E-state index contributed by atoms with van der Waals surface area (Å²) in [6, 6.07) is 15.7. The molecule has 0 aliphatic rings. The van der Waals surface area contributed by atoms with Gasteiger partial charge >= 0.3 is 0 Å². The van der Waals surface area contributed by atoms with Gasteiger partial charge in [-0.25, -0.2) is 4.68 Å². The third kappa shape index (κ3) is 4.97. The Balaban J connectivity index is 1.62. The molecule has 0 aliphatic heterocycles. The van der Waals surface area contributed by atoms with Crippen molar-refractivity contribution in [2.75, 3.05) is 30.1 Å². The molecule has 0 fully saturated rings. The maximum Gasteiger partial charge on any atom is 0.234 e. The van der Waals surface area contributed by atoms with Gasteiger partial charge in [-0.1, -0.05) is 41.3 Å². The minimum atomic E-state index is -0.0684. The van der Waals surface area contributed by atoms with Crippen LogP contribution >= 0.6 is 35.3 Å². The van der Waals surface area contributed by atoms with Gasteiger partial charge in [0.05, 0.1) is 11.4 Å². The van der Waals surface area contributed by atoms with Crippen LogP contribution in [0.25, 0.3) is 5.69 Å². The summed E-state index contributed by atoms with van der Waals surface area (Å²) in [5, 5.41) is 7.47. The molecule has 1 amide bonds. The number of anilines is 2. The first-order chi connectivity index (χ1) is 12.9. The first-order valence-corrected chi connectivity index (χ1v) is 10.5. The topological polar surface area (TPSA) is 50.2 Å². The van der Waals surface area contributed by atoms with E-state index in [0.717, 1.165) is 27.0 Å². The van der Waals surface area contributed by atoms with Crippen LogP contribution in [0.15, 0.2) is 52.9 Å². The lowest BCUT2D eigenvalue weighted by molar-refractivity contribution is -0.113. The average molecular weight is 417 g/mol. The molecule has 27 heavy (non-hydrogen) atoms. The zero-order chi connectivity index (χ0) is 19.4. The molecule has 0 bridgehead atoms. The number of carbonyl (C=O) groups excluding carboxylic acids is 1. The van der Waals surface area contributed by atoms with Crippen molar-refractivity contribution < 1.29 is 4.79 Å². The zero-order valence-electron chi connectivity index (χ0n) is 15.3. The highest BCUT2D eigenvalue weighted by Crippen LogP contribution is 2.25. The van der Waals surface area contributed by atoms with Crippen LogP contribution in [-0.4, -0.2) is 35.5 Å². The second-order valence-corrected chi connectivity index (χ2v) is 8.96. The minimum Gasteiger partial charge on any atom is -0.378 e. The lowest BCUT2D eigenvalue weighted by atomic mass is 10.2. The Labute approximate surface area is 172 Å². The Morgan fingerprint density at radius 3 is 2.59 bits per heavy atom. The highest BCUT2D eigenvalue weighted by molar-refractivity contribution is 8.01. The second-order valence-electron chi connectivity index (χ2n) is 6.11. The molecular formula is C19H20N4OS3. The van der Waals surface area contributed by atoms with Crippen molar-refractivity contribution in [3.63, 3.8) is 0 Å². The summed E-state index contributed by atoms with van der Waals surface area (Å²) >= 11 is 8.24. The molecule has 1 N–H and O–H groups in total. The summed E-state index contributed by atoms with van der Waals surface area (Å²) in [6.45, 7) is 2.03. The number of amides is 1. The molecule has 1 aromatic heterocycles. The Morgan fingerprint density at radius 2 is 1.93 bits per heavy atom. The smallest absolute Gasteiger partial charge is 0.234 e. The van der Waals surface area contributed by atoms with E-state index in [0.29, 0.717) is 3.95 Å². The maximum absolute atomic E-state index is 12.2. The number of nitrogens with zero attached hydrogens (tertiary/aromatic N) is 3. The van der Waals surface area contributed by atoms with Crippen LogP contribution in [0.1, 0.15) is 5.56 Å². The first-order valence-electron chi connectivity index (χ1n) is 8.30. The van der Waals surface area contributed by atoms with Crippen molar-refractivity contribution in [3.8, 4) is 5.69 Å². The van der Waals surface area contributed by atoms with E-state index in [1.165, 1.54) is 23.1 Å². The van der Waals surface area contributed by atoms with E-state index in [-0.39, 0.29) is 11.7 Å². The molecule has 0 radical (unpaired) electrons. The summed E-state index contributed by atoms with van der Waals surface area (Å²) in [7, 11) is 3.96. The molecule has 2 aromatic carbocycles. The number of benzene rings is 2. The van der Waals surface area contributed by atoms with Gasteiger partial charge in [0.25, 0.3) is 0 Å². The molecular weight excluding hydrogens is 396 g/mol. The van der Waals surface area contributed by atoms with Gasteiger partial charge in [-0.3, -0.25) is 4.79 Å². The predicted octanol–water partition coefficient (Wildman–Crippen LogP) is 4.77. The van der Waals surface area contributed by atoms with Gasteiger partial charge in [-0.2, -0.15) is 0 Å². The van der Waals surface area contributed by atoms with Crippen LogP contribution in [0.3, 0.4) is 0 Å². The van der Waals surface area contributed by atoms with E-state index < -0.39 is 0 Å². The summed E-state index contributed by atoms with van der Waals surface area (Å²) in [5.74, 6) is 0.215. The van der Waals surface area contributed by atoms with Crippen molar-refractivity contribution >= 4 is 52.6 Å². The molecule has 0 aliphatic carbocycles. The Hall–Kier alpha value is -2.16. The summed E-state index contributed by atoms with van der Waals surface area (Å²) in [6.07, 6.45) is 0. The van der Waals surface area contributed by atoms with Gasteiger partial charge < -0.3 is 10.2 Å². The number of nitrogens with one attached hydrogen (secondary N) is 1. The molecule has 3 aromatic rings. The van der Waals surface area contributed by atoms with Crippen molar-refractivity contribution in [2.24, 2.45) is 0 Å². The maximum atomic E-state index is 12.2. The van der Waals surface area contributed by atoms with Gasteiger partial charge in [0, 0.05) is 25.5 Å². The minimum absolute atomic E-state index is 0.0684. The SMILES string of the molecule is Cc1ccccc1-n1nc(SCC(=O)Nc2ccc(N(C)C)cc2)sc1=S. The number of para-hydroxylation sites is 1. The fourth-order valence-electron chi connectivity index (χ4n) is 2.44. The fourth-order valence-corrected chi connectivity index (χ4v) is 4.59. The number of hydrogen-bond acceptors (Lipinski definition) is 6. The highest BCUT2D eigenvalue weighted by atomic mass is 32.2. The van der Waals surface area contributed by atoms with E-state index in [9.17, 15) is 4.79 Å². The lowest BCUT2D eigenvalue weighted by Crippen LogP contribution is -2.14. The number of rotatable bonds is 6. The molecule has 1 heterocycles. The van der Waals surface area contributed by atoms with Crippen molar-refractivity contribution in [3.05, 3.63) is 58.0 Å². The van der Waals surface area contributed by atoms with E-state index in [1.807, 2.05) is 74.4 Å². The fraction of sp³-hybridized carbons (Fsp3) is 0.211. The van der Waals surface area contributed by atoms with Crippen LogP contribution in [0.4, 0.5) is 11.4 Å². The van der Waals surface area contributed by atoms with Gasteiger partial charge in [-0.05, 0) is 55.0 Å². The predicted molar refractivity (Wildman–Crippen MR) is 117 cm³/mol. The monoisotopic (exact) mass is 416 g/mol. The van der Waals surface area contributed by atoms with Crippen LogP contribution in [0.5, 0.6) is 0 Å². The Kier molecular flexibility index (Phi) is 6.30. The average Bonchev–Trinajstić information content (AvgIpc) is 3.01. The van der Waals surface area contributed by atoms with E-state index in [2.05, 4.69) is 10.4 Å². The van der Waals surface area contributed by atoms with E-state index in [1.54, 1.807) is 4.68 Å². The van der Waals surface area contributed by atoms with Gasteiger partial charge in [0.1, 0.15) is 0 Å². The molecule has 3 rings (SSSR count). The molecule has 8 heteroatoms. The molecule has 5 nitrogen and oxygen atoms in total. The van der Waals surface area contributed by atoms with Gasteiger partial charge in [0.2, 0.25) is 5.91 Å². The van der Waals surface area contributed by atoms with Crippen LogP contribution < -0.4 is 10.2 Å². The van der Waals surface area contributed by atoms with Crippen LogP contribution in [0.2, 0.25) is 0 Å². The summed E-state index contributed by atoms with van der Waals surface area (Å²) in [4.78, 5) is 14.2. The zero-order valence-corrected chi connectivity index (χ0v) is 17.8. The third-order valence-electron chi connectivity index (χ3n) is 3.87. The summed E-state index contributed by atoms with van der Waals surface area (Å²) in [5.41, 5.74) is 3.94. The normalized spacial score (nSPS) is 10.6. The van der Waals surface area contributed by atoms with Crippen molar-refractivity contribution in [2.45, 2.75) is 11.3 Å². The number of aryl methyl sites for hydroxylation is 1. The molecule has 140 valence electrons. The molecule has 0 saturated heterocycles. The van der Waals surface area contributed by atoms with Crippen molar-refractivity contribution in [1.82, 2.24) is 9.78 Å². The largest absolute Gasteiger partial charge is 0.378 e. The molecule has 0 saturated carbocycles. The van der Waals surface area contributed by atoms with Gasteiger partial charge in [-0.15, -0.1) is 5.10 Å². The van der Waals surface area contributed by atoms with Gasteiger partial charge in [0.15, 0.2) is 8.29 Å². The van der Waals surface area contributed by atoms with Crippen molar-refractivity contribution in [1.29, 1.82) is 0 Å². The molecule has 0 spiro atoms. The molecule has 0 unspecified atom stereocenters. The van der Waals surface area contributed by atoms with E-state index in [4.69, 9.17) is 12.2 Å². The first kappa shape index (κ1) is 19.6. The number of thioether (sulfide) groups is 1. The van der Waals surface area contributed by atoms with Crippen LogP contribution in [0, 0.1) is 10.9 Å². The Bertz CT molecular complexity index is 993. The standard InChI is InChI=1S/C19H20N4OS3/c1-13-6-4-5-7-16(13)23-19(25)27-18(21-23)26-12-17(24)20-14-8-10-15(11-9-14)22(2)3/h4-11H,12H2,1-3H3,(H,20,24). The highest BCUT2D eigenvalue weighted by Gasteiger charge is 2.11. The number of aromatic nitrogens is 2. The van der Waals surface area contributed by atoms with E-state index >= 15 is 0 Å². The van der Waals surface area contributed by atoms with Crippen LogP contribution in [-0.2, 0) is 4.79 Å². The number of hydrogen-bond donors (Lipinski definition) is 1. The molecule has 0 atom stereocenters. The lowest BCUT2D eigenvalue weighted by Gasteiger charge is -2.12. The third-order valence-corrected chi connectivity index (χ3v) is 6.23. The quantitative estimate of drug-likeness (QED) is 0.463.